The monoisotopic (exact) mass is 754 g/mol. The van der Waals surface area contributed by atoms with Crippen molar-refractivity contribution in [2.75, 3.05) is 0 Å². The van der Waals surface area contributed by atoms with Crippen molar-refractivity contribution in [3.8, 4) is 20.9 Å². The van der Waals surface area contributed by atoms with Crippen molar-refractivity contribution in [3.05, 3.63) is 112 Å². The highest BCUT2D eigenvalue weighted by molar-refractivity contribution is 9.11. The molecule has 0 saturated heterocycles. The molecule has 0 aliphatic heterocycles. The Morgan fingerprint density at radius 3 is 1.46 bits per heavy atom. The van der Waals surface area contributed by atoms with Gasteiger partial charge in [0.25, 0.3) is 0 Å². The summed E-state index contributed by atoms with van der Waals surface area (Å²) in [4.78, 5) is 4.94. The summed E-state index contributed by atoms with van der Waals surface area (Å²) in [5, 5.41) is 22.5. The molecular formula is C30H19Br2F3O2S4. The maximum absolute atomic E-state index is 12.9. The maximum atomic E-state index is 12.9. The van der Waals surface area contributed by atoms with E-state index in [-0.39, 0.29) is 0 Å². The molecule has 0 saturated carbocycles. The van der Waals surface area contributed by atoms with Gasteiger partial charge in [-0.2, -0.15) is 13.2 Å². The molecule has 210 valence electrons. The van der Waals surface area contributed by atoms with Crippen LogP contribution in [0.4, 0.5) is 13.2 Å². The van der Waals surface area contributed by atoms with Gasteiger partial charge in [0.2, 0.25) is 0 Å². The average Bonchev–Trinajstić information content (AvgIpc) is 3.70. The molecule has 11 heteroatoms. The van der Waals surface area contributed by atoms with Crippen molar-refractivity contribution in [3.63, 3.8) is 0 Å². The molecule has 6 aromatic rings. The molecule has 2 aromatic carbocycles. The summed E-state index contributed by atoms with van der Waals surface area (Å²) in [6.45, 7) is 2.05. The van der Waals surface area contributed by atoms with E-state index >= 15 is 0 Å². The first-order valence-electron chi connectivity index (χ1n) is 12.2. The lowest BCUT2D eigenvalue weighted by Gasteiger charge is -2.08. The normalized spacial score (nSPS) is 13.7. The van der Waals surface area contributed by atoms with Crippen molar-refractivity contribution in [2.24, 2.45) is 0 Å². The van der Waals surface area contributed by atoms with E-state index < -0.39 is 23.9 Å². The number of alkyl halides is 3. The standard InChI is InChI=1S/C30H19Br2F3O2S4/c1-14-2-4-15(5-3-14)20-10-18(31)28(40-20)26(36)24-12-22-23(38-24)13-25(39-22)27(37)29-19(32)11-21(41-29)16-6-8-17(9-7-16)30(33,34)35/h2-13,26-27,36-37H,1H3. The SMILES string of the molecule is Cc1ccc(-c2cc(Br)c(C(O)c3cc4sc(C(O)c5sc(-c6ccc(C(F)(F)F)cc6)cc5Br)cc4s3)s2)cc1. The van der Waals surface area contributed by atoms with Crippen molar-refractivity contribution >= 4 is 86.6 Å². The zero-order valence-corrected chi connectivity index (χ0v) is 27.4. The minimum Gasteiger partial charge on any atom is -0.382 e. The first kappa shape index (κ1) is 29.3. The van der Waals surface area contributed by atoms with Gasteiger partial charge in [0.15, 0.2) is 0 Å². The number of benzene rings is 2. The number of halogens is 5. The van der Waals surface area contributed by atoms with Gasteiger partial charge in [-0.1, -0.05) is 42.0 Å². The fraction of sp³-hybridized carbons (Fsp3) is 0.133. The van der Waals surface area contributed by atoms with Gasteiger partial charge in [-0.25, -0.2) is 0 Å². The molecule has 0 amide bonds. The topological polar surface area (TPSA) is 40.5 Å². The average molecular weight is 757 g/mol. The molecule has 0 aliphatic rings. The summed E-state index contributed by atoms with van der Waals surface area (Å²) in [5.41, 5.74) is 2.25. The molecule has 41 heavy (non-hydrogen) atoms. The number of rotatable bonds is 6. The Morgan fingerprint density at radius 1 is 0.634 bits per heavy atom. The highest BCUT2D eigenvalue weighted by atomic mass is 79.9. The Hall–Kier alpha value is -1.83. The van der Waals surface area contributed by atoms with Gasteiger partial charge in [-0.3, -0.25) is 0 Å². The lowest BCUT2D eigenvalue weighted by Crippen LogP contribution is -2.03. The number of thiophene rings is 4. The van der Waals surface area contributed by atoms with Crippen molar-refractivity contribution in [1.29, 1.82) is 0 Å². The molecule has 0 radical (unpaired) electrons. The highest BCUT2D eigenvalue weighted by Gasteiger charge is 2.30. The van der Waals surface area contributed by atoms with Crippen LogP contribution < -0.4 is 0 Å². The maximum Gasteiger partial charge on any atom is 0.416 e. The number of hydrogen-bond donors (Lipinski definition) is 2. The van der Waals surface area contributed by atoms with E-state index in [0.29, 0.717) is 14.9 Å². The van der Waals surface area contributed by atoms with Gasteiger partial charge in [0.05, 0.1) is 15.3 Å². The predicted molar refractivity (Wildman–Crippen MR) is 172 cm³/mol. The van der Waals surface area contributed by atoms with E-state index in [9.17, 15) is 23.4 Å². The number of aliphatic hydroxyl groups is 2. The fourth-order valence-corrected chi connectivity index (χ4v) is 10.7. The smallest absolute Gasteiger partial charge is 0.382 e. The van der Waals surface area contributed by atoms with Gasteiger partial charge < -0.3 is 10.2 Å². The Kier molecular flexibility index (Phi) is 8.10. The molecule has 4 heterocycles. The lowest BCUT2D eigenvalue weighted by molar-refractivity contribution is -0.137. The first-order valence-corrected chi connectivity index (χ1v) is 17.1. The fourth-order valence-electron chi connectivity index (χ4n) is 4.37. The van der Waals surface area contributed by atoms with Crippen LogP contribution in [0.25, 0.3) is 30.3 Å². The van der Waals surface area contributed by atoms with E-state index in [4.69, 9.17) is 0 Å². The second-order valence-electron chi connectivity index (χ2n) is 9.42. The van der Waals surface area contributed by atoms with Gasteiger partial charge in [-0.05, 0) is 86.3 Å². The van der Waals surface area contributed by atoms with Crippen LogP contribution in [0.3, 0.4) is 0 Å². The Bertz CT molecular complexity index is 1820. The van der Waals surface area contributed by atoms with E-state index in [1.807, 2.05) is 24.3 Å². The van der Waals surface area contributed by atoms with Crippen LogP contribution in [-0.2, 0) is 6.18 Å². The largest absolute Gasteiger partial charge is 0.416 e. The summed E-state index contributed by atoms with van der Waals surface area (Å²) >= 11 is 13.0. The molecule has 0 bridgehead atoms. The van der Waals surface area contributed by atoms with Gasteiger partial charge in [0.1, 0.15) is 12.2 Å². The lowest BCUT2D eigenvalue weighted by atomic mass is 10.1. The van der Waals surface area contributed by atoms with Crippen LogP contribution in [0.15, 0.2) is 81.7 Å². The van der Waals surface area contributed by atoms with Gasteiger partial charge in [0, 0.05) is 37.9 Å². The molecule has 2 unspecified atom stereocenters. The molecule has 0 fully saturated rings. The molecule has 6 rings (SSSR count). The summed E-state index contributed by atoms with van der Waals surface area (Å²) < 4.78 is 42.3. The van der Waals surface area contributed by atoms with Crippen LogP contribution in [0, 0.1) is 6.92 Å². The van der Waals surface area contributed by atoms with Crippen LogP contribution in [0.5, 0.6) is 0 Å². The van der Waals surface area contributed by atoms with Gasteiger partial charge in [-0.15, -0.1) is 45.3 Å². The third kappa shape index (κ3) is 5.88. The number of hydrogen-bond acceptors (Lipinski definition) is 6. The molecule has 2 nitrogen and oxygen atoms in total. The molecule has 2 atom stereocenters. The van der Waals surface area contributed by atoms with Crippen LogP contribution in [0.2, 0.25) is 0 Å². The molecule has 4 aromatic heterocycles. The Labute approximate surface area is 266 Å². The Morgan fingerprint density at radius 2 is 1.05 bits per heavy atom. The van der Waals surface area contributed by atoms with Crippen molar-refractivity contribution in [2.45, 2.75) is 25.3 Å². The highest BCUT2D eigenvalue weighted by Crippen LogP contribution is 2.47. The number of aryl methyl sites for hydroxylation is 1. The summed E-state index contributed by atoms with van der Waals surface area (Å²) in [7, 11) is 0. The zero-order chi connectivity index (χ0) is 29.1. The molecule has 2 N–H and O–H groups in total. The number of fused-ring (bicyclic) bond motifs is 1. The Balaban J connectivity index is 1.23. The van der Waals surface area contributed by atoms with E-state index in [1.165, 1.54) is 51.7 Å². The summed E-state index contributed by atoms with van der Waals surface area (Å²) in [6.07, 6.45) is -6.05. The van der Waals surface area contributed by atoms with Crippen molar-refractivity contribution < 1.29 is 23.4 Å². The third-order valence-corrected chi connectivity index (χ3v) is 13.2. The molecule has 0 aliphatic carbocycles. The summed E-state index contributed by atoms with van der Waals surface area (Å²) in [5.74, 6) is 0. The predicted octanol–water partition coefficient (Wildman–Crippen LogP) is 11.4. The van der Waals surface area contributed by atoms with E-state index in [2.05, 4.69) is 63.0 Å². The van der Waals surface area contributed by atoms with Crippen molar-refractivity contribution in [1.82, 2.24) is 0 Å². The van der Waals surface area contributed by atoms with Crippen LogP contribution in [0.1, 0.15) is 42.8 Å². The molecular weight excluding hydrogens is 737 g/mol. The second-order valence-corrected chi connectivity index (χ2v) is 15.5. The minimum atomic E-state index is -4.39. The van der Waals surface area contributed by atoms with E-state index in [1.54, 1.807) is 11.3 Å². The molecule has 0 spiro atoms. The van der Waals surface area contributed by atoms with Gasteiger partial charge >= 0.3 is 6.18 Å². The van der Waals surface area contributed by atoms with E-state index in [0.717, 1.165) is 56.0 Å². The third-order valence-electron chi connectivity index (χ3n) is 6.54. The second kappa shape index (κ2) is 11.3. The first-order chi connectivity index (χ1) is 19.5. The number of aliphatic hydroxyl groups excluding tert-OH is 2. The zero-order valence-electron chi connectivity index (χ0n) is 21.0. The quantitative estimate of drug-likeness (QED) is 0.178. The summed E-state index contributed by atoms with van der Waals surface area (Å²) in [6, 6.07) is 21.1. The van der Waals surface area contributed by atoms with Crippen LogP contribution in [-0.4, -0.2) is 10.2 Å². The van der Waals surface area contributed by atoms with Crippen LogP contribution >= 0.6 is 77.2 Å². The minimum absolute atomic E-state index is 0.651.